The van der Waals surface area contributed by atoms with Gasteiger partial charge in [0.2, 0.25) is 0 Å². The van der Waals surface area contributed by atoms with E-state index >= 15 is 4.79 Å². The molecule has 54 heavy (non-hydrogen) atoms. The molecule has 1 aliphatic heterocycles. The van der Waals surface area contributed by atoms with Crippen LogP contribution in [-0.4, -0.2) is 42.8 Å². The van der Waals surface area contributed by atoms with E-state index in [2.05, 4.69) is 0 Å². The first-order valence-electron chi connectivity index (χ1n) is 17.4. The minimum absolute atomic E-state index is 0.104. The summed E-state index contributed by atoms with van der Waals surface area (Å²) in [6, 6.07) is 45.8. The van der Waals surface area contributed by atoms with Crippen molar-refractivity contribution in [2.75, 3.05) is 7.11 Å². The van der Waals surface area contributed by atoms with Gasteiger partial charge in [-0.15, -0.1) is 0 Å². The van der Waals surface area contributed by atoms with E-state index < -0.39 is 40.1 Å². The lowest BCUT2D eigenvalue weighted by atomic mass is 9.93. The van der Waals surface area contributed by atoms with Crippen molar-refractivity contribution in [2.45, 2.75) is 36.2 Å². The van der Waals surface area contributed by atoms with Crippen LogP contribution >= 0.6 is 0 Å². The Labute approximate surface area is 315 Å². The SMILES string of the molecule is COC(=O)C1C(c2ccc(OCc3ccccc3)c(OCc3ccccc3)c2)N(S(=O)(=O)c2ccccc2)C(=O)N1C(c1ccccc1)c1ccccc1. The number of nitrogens with zero attached hydrogens (tertiary/aromatic N) is 2. The van der Waals surface area contributed by atoms with Gasteiger partial charge < -0.3 is 14.2 Å². The average molecular weight is 739 g/mol. The maximum Gasteiger partial charge on any atom is 0.336 e. The van der Waals surface area contributed by atoms with E-state index in [0.717, 1.165) is 15.4 Å². The Balaban J connectivity index is 1.40. The van der Waals surface area contributed by atoms with Gasteiger partial charge in [-0.3, -0.25) is 4.90 Å². The highest BCUT2D eigenvalue weighted by Gasteiger charge is 2.58. The minimum Gasteiger partial charge on any atom is -0.485 e. The van der Waals surface area contributed by atoms with Gasteiger partial charge in [-0.2, -0.15) is 0 Å². The summed E-state index contributed by atoms with van der Waals surface area (Å²) < 4.78 is 48.3. The Kier molecular flexibility index (Phi) is 10.7. The molecule has 1 saturated heterocycles. The van der Waals surface area contributed by atoms with Gasteiger partial charge in [-0.25, -0.2) is 22.3 Å². The van der Waals surface area contributed by atoms with Crippen LogP contribution in [-0.2, 0) is 32.8 Å². The molecule has 9 nitrogen and oxygen atoms in total. The lowest BCUT2D eigenvalue weighted by molar-refractivity contribution is -0.146. The number of esters is 1. The minimum atomic E-state index is -4.55. The van der Waals surface area contributed by atoms with E-state index in [1.165, 1.54) is 24.1 Å². The first-order chi connectivity index (χ1) is 26.4. The molecule has 1 fully saturated rings. The van der Waals surface area contributed by atoms with E-state index in [1.807, 2.05) is 121 Å². The highest BCUT2D eigenvalue weighted by Crippen LogP contribution is 2.47. The zero-order valence-electron chi connectivity index (χ0n) is 29.5. The number of hydrogen-bond donors (Lipinski definition) is 0. The molecule has 6 aromatic rings. The molecule has 2 atom stereocenters. The van der Waals surface area contributed by atoms with Gasteiger partial charge >= 0.3 is 12.0 Å². The largest absolute Gasteiger partial charge is 0.485 e. The summed E-state index contributed by atoms with van der Waals surface area (Å²) in [7, 11) is -3.33. The van der Waals surface area contributed by atoms with Crippen molar-refractivity contribution < 1.29 is 32.2 Å². The highest BCUT2D eigenvalue weighted by molar-refractivity contribution is 7.89. The van der Waals surface area contributed by atoms with E-state index in [9.17, 15) is 13.2 Å². The molecule has 1 aliphatic rings. The molecule has 0 bridgehead atoms. The van der Waals surface area contributed by atoms with Gasteiger partial charge in [-0.05, 0) is 52.1 Å². The molecule has 272 valence electrons. The second-order valence-electron chi connectivity index (χ2n) is 12.7. The molecule has 2 amide bonds. The van der Waals surface area contributed by atoms with Crippen LogP contribution in [0.1, 0.15) is 39.9 Å². The second kappa shape index (κ2) is 16.1. The summed E-state index contributed by atoms with van der Waals surface area (Å²) in [6.45, 7) is 0.422. The third kappa shape index (κ3) is 7.42. The van der Waals surface area contributed by atoms with Gasteiger partial charge in [0.1, 0.15) is 19.3 Å². The van der Waals surface area contributed by atoms with Gasteiger partial charge in [0.15, 0.2) is 17.5 Å². The number of hydrogen-bond acceptors (Lipinski definition) is 7. The van der Waals surface area contributed by atoms with Crippen LogP contribution in [0.2, 0.25) is 0 Å². The third-order valence-corrected chi connectivity index (χ3v) is 11.1. The number of amides is 2. The number of methoxy groups -OCH3 is 1. The van der Waals surface area contributed by atoms with Crippen LogP contribution in [0.4, 0.5) is 4.79 Å². The van der Waals surface area contributed by atoms with Gasteiger partial charge in [0, 0.05) is 0 Å². The van der Waals surface area contributed by atoms with Crippen LogP contribution < -0.4 is 9.47 Å². The summed E-state index contributed by atoms with van der Waals surface area (Å²) in [5.74, 6) is -0.0769. The molecule has 1 heterocycles. The molecule has 0 radical (unpaired) electrons. The van der Waals surface area contributed by atoms with E-state index in [1.54, 1.807) is 36.4 Å². The van der Waals surface area contributed by atoms with Gasteiger partial charge in [-0.1, -0.05) is 146 Å². The monoisotopic (exact) mass is 738 g/mol. The number of rotatable bonds is 13. The second-order valence-corrected chi connectivity index (χ2v) is 14.5. The lowest BCUT2D eigenvalue weighted by Crippen LogP contribution is -2.43. The van der Waals surface area contributed by atoms with E-state index in [4.69, 9.17) is 14.2 Å². The van der Waals surface area contributed by atoms with Crippen molar-refractivity contribution in [1.29, 1.82) is 0 Å². The molecule has 0 aliphatic carbocycles. The topological polar surface area (TPSA) is 102 Å². The molecular weight excluding hydrogens is 701 g/mol. The molecule has 0 N–H and O–H groups in total. The van der Waals surface area contributed by atoms with Crippen molar-refractivity contribution in [1.82, 2.24) is 9.21 Å². The van der Waals surface area contributed by atoms with Gasteiger partial charge in [0.05, 0.1) is 18.0 Å². The normalized spacial score (nSPS) is 15.6. The molecule has 0 saturated carbocycles. The van der Waals surface area contributed by atoms with Crippen LogP contribution in [0, 0.1) is 0 Å². The third-order valence-electron chi connectivity index (χ3n) is 9.30. The van der Waals surface area contributed by atoms with Crippen molar-refractivity contribution in [3.63, 3.8) is 0 Å². The Hall–Kier alpha value is -6.39. The van der Waals surface area contributed by atoms with Crippen LogP contribution in [0.3, 0.4) is 0 Å². The maximum absolute atomic E-state index is 15.1. The fraction of sp³-hybridized carbons (Fsp3) is 0.136. The van der Waals surface area contributed by atoms with E-state index in [-0.39, 0.29) is 18.1 Å². The Bertz CT molecular complexity index is 2250. The Morgan fingerprint density at radius 3 is 1.59 bits per heavy atom. The molecular formula is C44H38N2O7S. The maximum atomic E-state index is 15.1. The van der Waals surface area contributed by atoms with Crippen LogP contribution in [0.25, 0.3) is 0 Å². The summed E-state index contributed by atoms with van der Waals surface area (Å²) in [4.78, 5) is 30.4. The van der Waals surface area contributed by atoms with E-state index in [0.29, 0.717) is 28.2 Å². The Morgan fingerprint density at radius 1 is 0.630 bits per heavy atom. The molecule has 7 rings (SSSR count). The van der Waals surface area contributed by atoms with Crippen molar-refractivity contribution >= 4 is 22.0 Å². The quantitative estimate of drug-likeness (QED) is 0.110. The zero-order chi connectivity index (χ0) is 37.5. The average Bonchev–Trinajstić information content (AvgIpc) is 3.53. The van der Waals surface area contributed by atoms with Crippen LogP contribution in [0.5, 0.6) is 11.5 Å². The number of urea groups is 1. The number of carbonyl (C=O) groups excluding carboxylic acids is 2. The molecule has 0 spiro atoms. The first kappa shape index (κ1) is 36.0. The predicted octanol–water partition coefficient (Wildman–Crippen LogP) is 8.34. The Morgan fingerprint density at radius 2 is 1.09 bits per heavy atom. The molecule has 10 heteroatoms. The number of sulfonamides is 1. The number of carbonyl (C=O) groups is 2. The fourth-order valence-electron chi connectivity index (χ4n) is 6.74. The summed E-state index contributed by atoms with van der Waals surface area (Å²) in [6.07, 6.45) is 0. The lowest BCUT2D eigenvalue weighted by Gasteiger charge is -2.32. The molecule has 6 aromatic carbocycles. The van der Waals surface area contributed by atoms with Crippen molar-refractivity contribution in [3.8, 4) is 11.5 Å². The summed E-state index contributed by atoms with van der Waals surface area (Å²) >= 11 is 0. The van der Waals surface area contributed by atoms with Crippen LogP contribution in [0.15, 0.2) is 175 Å². The highest BCUT2D eigenvalue weighted by atomic mass is 32.2. The fourth-order valence-corrected chi connectivity index (χ4v) is 8.30. The van der Waals surface area contributed by atoms with Crippen molar-refractivity contribution in [2.24, 2.45) is 0 Å². The standard InChI is InChI=1S/C44H38N2O7S/c1-51-43(47)42-41(36-27-28-38(52-30-32-17-7-2-8-18-32)39(29-36)53-31-33-19-9-3-10-20-33)46(54(49,50)37-25-15-6-16-26-37)44(48)45(42)40(34-21-11-4-12-22-34)35-23-13-5-14-24-35/h2-29,40-42H,30-31H2,1H3. The van der Waals surface area contributed by atoms with Crippen molar-refractivity contribution in [3.05, 3.63) is 198 Å². The zero-order valence-corrected chi connectivity index (χ0v) is 30.3. The summed E-state index contributed by atoms with van der Waals surface area (Å²) in [5.41, 5.74) is 3.52. The smallest absolute Gasteiger partial charge is 0.336 e. The molecule has 0 aromatic heterocycles. The number of benzene rings is 6. The van der Waals surface area contributed by atoms with Gasteiger partial charge in [0.25, 0.3) is 10.0 Å². The molecule has 2 unspecified atom stereocenters. The summed E-state index contributed by atoms with van der Waals surface area (Å²) in [5, 5.41) is 0. The first-order valence-corrected chi connectivity index (χ1v) is 18.9. The number of ether oxygens (including phenoxy) is 3. The predicted molar refractivity (Wildman–Crippen MR) is 204 cm³/mol.